The summed E-state index contributed by atoms with van der Waals surface area (Å²) < 4.78 is 0. The summed E-state index contributed by atoms with van der Waals surface area (Å²) in [6, 6.07) is 1.68. The van der Waals surface area contributed by atoms with E-state index in [1.54, 1.807) is 6.07 Å². The zero-order valence-corrected chi connectivity index (χ0v) is 4.77. The highest BCUT2D eigenvalue weighted by molar-refractivity contribution is 7.82. The van der Waals surface area contributed by atoms with Gasteiger partial charge in [0, 0.05) is 0 Å². The minimum atomic E-state index is -0.736. The number of Topliss-reactive ketones (excluding diaryl/α,β-unsaturated/α-hetero) is 1. The van der Waals surface area contributed by atoms with E-state index in [4.69, 9.17) is 5.26 Å². The molecule has 0 aromatic carbocycles. The zero-order chi connectivity index (χ0) is 5.86. The molecule has 0 rings (SSSR count). The minimum Gasteiger partial charge on any atom is -0.298 e. The lowest BCUT2D eigenvalue weighted by Crippen LogP contribution is -2.05. The molecule has 0 aliphatic heterocycles. The van der Waals surface area contributed by atoms with Crippen molar-refractivity contribution in [1.82, 2.24) is 0 Å². The second-order valence-corrected chi connectivity index (χ2v) is 1.66. The van der Waals surface area contributed by atoms with E-state index in [9.17, 15) is 4.79 Å². The van der Waals surface area contributed by atoms with Gasteiger partial charge >= 0.3 is 0 Å². The van der Waals surface area contributed by atoms with Crippen molar-refractivity contribution in [3.05, 3.63) is 0 Å². The number of carbonyl (C=O) groups is 1. The number of nitrogens with zero attached hydrogens (tertiary/aromatic N) is 1. The molecule has 0 fully saturated rings. The molecular weight excluding hydrogens is 110 g/mol. The Balaban J connectivity index is 3.63. The Morgan fingerprint density at radius 3 is 2.43 bits per heavy atom. The van der Waals surface area contributed by atoms with Gasteiger partial charge < -0.3 is 0 Å². The van der Waals surface area contributed by atoms with E-state index in [0.717, 1.165) is 0 Å². The number of rotatable bonds is 1. The van der Waals surface area contributed by atoms with Crippen LogP contribution in [-0.4, -0.2) is 11.0 Å². The molecule has 0 aromatic heterocycles. The summed E-state index contributed by atoms with van der Waals surface area (Å²) in [5, 5.41) is 7.22. The highest BCUT2D eigenvalue weighted by atomic mass is 32.1. The summed E-state index contributed by atoms with van der Waals surface area (Å²) in [5.74, 6) is -0.203. The molecule has 0 aliphatic carbocycles. The molecule has 1 atom stereocenters. The van der Waals surface area contributed by atoms with Crippen molar-refractivity contribution < 1.29 is 4.79 Å². The van der Waals surface area contributed by atoms with Crippen LogP contribution in [0.25, 0.3) is 0 Å². The van der Waals surface area contributed by atoms with Crippen LogP contribution in [-0.2, 0) is 4.79 Å². The monoisotopic (exact) mass is 115 g/mol. The van der Waals surface area contributed by atoms with Crippen LogP contribution >= 0.6 is 12.6 Å². The number of ketones is 1. The molecule has 2 nitrogen and oxygen atoms in total. The van der Waals surface area contributed by atoms with Crippen molar-refractivity contribution >= 4 is 18.4 Å². The van der Waals surface area contributed by atoms with Gasteiger partial charge in [-0.3, -0.25) is 4.79 Å². The Morgan fingerprint density at radius 1 is 2.00 bits per heavy atom. The Hall–Kier alpha value is -0.490. The van der Waals surface area contributed by atoms with Crippen molar-refractivity contribution in [2.45, 2.75) is 12.2 Å². The normalized spacial score (nSPS) is 12.1. The van der Waals surface area contributed by atoms with Crippen molar-refractivity contribution in [2.75, 3.05) is 0 Å². The van der Waals surface area contributed by atoms with Gasteiger partial charge in [-0.15, -0.1) is 0 Å². The van der Waals surface area contributed by atoms with Crippen molar-refractivity contribution in [1.29, 1.82) is 5.26 Å². The molecule has 0 amide bonds. The fourth-order valence-corrected chi connectivity index (χ4v) is 0.0909. The largest absolute Gasteiger partial charge is 0.298 e. The van der Waals surface area contributed by atoms with Gasteiger partial charge in [0.15, 0.2) is 5.78 Å². The van der Waals surface area contributed by atoms with E-state index >= 15 is 0 Å². The molecule has 0 spiro atoms. The van der Waals surface area contributed by atoms with E-state index in [0.29, 0.717) is 0 Å². The maximum absolute atomic E-state index is 10.1. The quantitative estimate of drug-likeness (QED) is 0.502. The summed E-state index contributed by atoms with van der Waals surface area (Å²) in [6.45, 7) is 1.33. The lowest BCUT2D eigenvalue weighted by molar-refractivity contribution is -0.115. The van der Waals surface area contributed by atoms with Gasteiger partial charge in [0.2, 0.25) is 0 Å². The van der Waals surface area contributed by atoms with Gasteiger partial charge in [-0.1, -0.05) is 0 Å². The Bertz CT molecular complexity index is 115. The van der Waals surface area contributed by atoms with Crippen LogP contribution in [0.2, 0.25) is 0 Å². The maximum atomic E-state index is 10.1. The number of thiol groups is 1. The first-order chi connectivity index (χ1) is 3.18. The third-order valence-corrected chi connectivity index (χ3v) is 0.986. The smallest absolute Gasteiger partial charge is 0.156 e. The van der Waals surface area contributed by atoms with Gasteiger partial charge in [-0.05, 0) is 6.92 Å². The zero-order valence-electron chi connectivity index (χ0n) is 3.88. The Labute approximate surface area is 47.5 Å². The highest BCUT2D eigenvalue weighted by Gasteiger charge is 2.03. The van der Waals surface area contributed by atoms with Crippen LogP contribution < -0.4 is 0 Å². The molecule has 3 heteroatoms. The van der Waals surface area contributed by atoms with Gasteiger partial charge in [0.1, 0.15) is 5.25 Å². The van der Waals surface area contributed by atoms with Gasteiger partial charge in [-0.25, -0.2) is 0 Å². The van der Waals surface area contributed by atoms with Crippen molar-refractivity contribution in [2.24, 2.45) is 0 Å². The fourth-order valence-electron chi connectivity index (χ4n) is 0.0909. The van der Waals surface area contributed by atoms with Gasteiger partial charge in [-0.2, -0.15) is 17.9 Å². The molecule has 1 unspecified atom stereocenters. The van der Waals surface area contributed by atoms with Gasteiger partial charge in [0.25, 0.3) is 0 Å². The molecular formula is C4H5NOS. The third-order valence-electron chi connectivity index (χ3n) is 0.507. The second-order valence-electron chi connectivity index (χ2n) is 1.14. The summed E-state index contributed by atoms with van der Waals surface area (Å²) in [5.41, 5.74) is 0. The molecule has 38 valence electrons. The average molecular weight is 115 g/mol. The first kappa shape index (κ1) is 6.51. The van der Waals surface area contributed by atoms with E-state index in [2.05, 4.69) is 12.6 Å². The molecule has 0 aliphatic rings. The number of carbonyl (C=O) groups excluding carboxylic acids is 1. The minimum absolute atomic E-state index is 0.203. The van der Waals surface area contributed by atoms with Crippen molar-refractivity contribution in [3.63, 3.8) is 0 Å². The lowest BCUT2D eigenvalue weighted by atomic mass is 10.3. The molecule has 0 heterocycles. The van der Waals surface area contributed by atoms with E-state index in [-0.39, 0.29) is 5.78 Å². The highest BCUT2D eigenvalue weighted by Crippen LogP contribution is 1.91. The van der Waals surface area contributed by atoms with Crippen LogP contribution in [0.5, 0.6) is 0 Å². The first-order valence-corrected chi connectivity index (χ1v) is 2.28. The van der Waals surface area contributed by atoms with Crippen LogP contribution in [0.4, 0.5) is 0 Å². The molecule has 0 saturated heterocycles. The fraction of sp³-hybridized carbons (Fsp3) is 0.500. The molecule has 0 aromatic rings. The Kier molecular flexibility index (Phi) is 2.46. The summed E-state index contributed by atoms with van der Waals surface area (Å²) in [7, 11) is 0. The van der Waals surface area contributed by atoms with Crippen LogP contribution in [0.15, 0.2) is 0 Å². The number of nitriles is 1. The van der Waals surface area contributed by atoms with Crippen LogP contribution in [0.1, 0.15) is 6.92 Å². The maximum Gasteiger partial charge on any atom is 0.156 e. The Morgan fingerprint density at radius 2 is 2.43 bits per heavy atom. The number of hydrogen-bond donors (Lipinski definition) is 1. The van der Waals surface area contributed by atoms with E-state index < -0.39 is 5.25 Å². The van der Waals surface area contributed by atoms with E-state index in [1.165, 1.54) is 6.92 Å². The first-order valence-electron chi connectivity index (χ1n) is 1.76. The van der Waals surface area contributed by atoms with Crippen molar-refractivity contribution in [3.8, 4) is 6.07 Å². The molecule has 0 N–H and O–H groups in total. The molecule has 0 bridgehead atoms. The third kappa shape index (κ3) is 2.24. The SMILES string of the molecule is CC(=O)C(S)C#N. The molecule has 0 saturated carbocycles. The van der Waals surface area contributed by atoms with Crippen LogP contribution in [0, 0.1) is 11.3 Å². The summed E-state index contributed by atoms with van der Waals surface area (Å²) in [4.78, 5) is 10.1. The lowest BCUT2D eigenvalue weighted by Gasteiger charge is -1.86. The standard InChI is InChI=1S/C4H5NOS/c1-3(6)4(7)2-5/h4,7H,1H3. The predicted octanol–water partition coefficient (Wildman–Crippen LogP) is 0.397. The van der Waals surface area contributed by atoms with Crippen LogP contribution in [0.3, 0.4) is 0 Å². The average Bonchev–Trinajstić information content (AvgIpc) is 1.65. The number of hydrogen-bond acceptors (Lipinski definition) is 3. The summed E-state index contributed by atoms with van der Waals surface area (Å²) in [6.07, 6.45) is 0. The molecule has 0 radical (unpaired) electrons. The van der Waals surface area contributed by atoms with E-state index in [1.807, 2.05) is 0 Å². The predicted molar refractivity (Wildman–Crippen MR) is 29.1 cm³/mol. The second kappa shape index (κ2) is 2.64. The van der Waals surface area contributed by atoms with Gasteiger partial charge in [0.05, 0.1) is 6.07 Å². The summed E-state index contributed by atoms with van der Waals surface area (Å²) >= 11 is 3.61. The topological polar surface area (TPSA) is 40.9 Å². The molecule has 7 heavy (non-hydrogen) atoms.